The van der Waals surface area contributed by atoms with Gasteiger partial charge in [-0.05, 0) is 52.0 Å². The first-order valence-corrected chi connectivity index (χ1v) is 9.48. The van der Waals surface area contributed by atoms with Crippen molar-refractivity contribution in [2.24, 2.45) is 0 Å². The summed E-state index contributed by atoms with van der Waals surface area (Å²) in [5.74, 6) is 0.109. The van der Waals surface area contributed by atoms with Gasteiger partial charge in [0, 0.05) is 56.6 Å². The molecular formula is C20H31N3O2. The van der Waals surface area contributed by atoms with Crippen LogP contribution in [0, 0.1) is 0 Å². The second-order valence-corrected chi connectivity index (χ2v) is 7.63. The first-order valence-electron chi connectivity index (χ1n) is 9.48. The van der Waals surface area contributed by atoms with E-state index in [4.69, 9.17) is 4.74 Å². The molecule has 2 fully saturated rings. The second-order valence-electron chi connectivity index (χ2n) is 7.63. The highest BCUT2D eigenvalue weighted by molar-refractivity contribution is 5.94. The Balaban J connectivity index is 1.61. The molecule has 0 N–H and O–H groups in total. The van der Waals surface area contributed by atoms with E-state index in [0.717, 1.165) is 31.7 Å². The fourth-order valence-corrected chi connectivity index (χ4v) is 3.84. The number of nitrogens with zero attached hydrogens (tertiary/aromatic N) is 3. The van der Waals surface area contributed by atoms with E-state index in [-0.39, 0.29) is 18.1 Å². The number of benzene rings is 1. The van der Waals surface area contributed by atoms with Gasteiger partial charge >= 0.3 is 0 Å². The Hall–Kier alpha value is -1.59. The summed E-state index contributed by atoms with van der Waals surface area (Å²) >= 11 is 0. The Morgan fingerprint density at radius 1 is 1.00 bits per heavy atom. The van der Waals surface area contributed by atoms with Gasteiger partial charge in [-0.25, -0.2) is 0 Å². The Morgan fingerprint density at radius 3 is 2.08 bits per heavy atom. The van der Waals surface area contributed by atoms with Crippen LogP contribution in [0.25, 0.3) is 0 Å². The molecule has 1 aromatic carbocycles. The van der Waals surface area contributed by atoms with Gasteiger partial charge in [0.05, 0.1) is 12.2 Å². The summed E-state index contributed by atoms with van der Waals surface area (Å²) in [4.78, 5) is 19.6. The van der Waals surface area contributed by atoms with Crippen LogP contribution in [-0.4, -0.2) is 73.2 Å². The molecule has 3 rings (SSSR count). The molecule has 1 amide bonds. The molecule has 1 aromatic rings. The third-order valence-electron chi connectivity index (χ3n) is 5.23. The minimum Gasteiger partial charge on any atom is -0.372 e. The molecule has 2 heterocycles. The normalized spacial score (nSPS) is 25.5. The fraction of sp³-hybridized carbons (Fsp3) is 0.650. The monoisotopic (exact) mass is 345 g/mol. The molecule has 0 bridgehead atoms. The Morgan fingerprint density at radius 2 is 1.56 bits per heavy atom. The van der Waals surface area contributed by atoms with Crippen LogP contribution in [0.2, 0.25) is 0 Å². The van der Waals surface area contributed by atoms with Gasteiger partial charge in [-0.2, -0.15) is 0 Å². The number of rotatable bonds is 3. The number of anilines is 1. The zero-order valence-electron chi connectivity index (χ0n) is 15.9. The molecule has 5 heteroatoms. The molecule has 5 nitrogen and oxygen atoms in total. The highest BCUT2D eigenvalue weighted by Gasteiger charge is 2.26. The van der Waals surface area contributed by atoms with E-state index in [1.54, 1.807) is 0 Å². The molecule has 0 radical (unpaired) electrons. The maximum absolute atomic E-state index is 12.7. The lowest BCUT2D eigenvalue weighted by atomic mass is 10.1. The molecule has 0 saturated carbocycles. The predicted octanol–water partition coefficient (Wildman–Crippen LogP) is 2.47. The maximum Gasteiger partial charge on any atom is 0.254 e. The number of amides is 1. The van der Waals surface area contributed by atoms with Crippen molar-refractivity contribution in [1.29, 1.82) is 0 Å². The molecule has 25 heavy (non-hydrogen) atoms. The molecule has 138 valence electrons. The molecule has 0 aromatic heterocycles. The van der Waals surface area contributed by atoms with E-state index in [0.29, 0.717) is 19.1 Å². The van der Waals surface area contributed by atoms with Crippen LogP contribution in [-0.2, 0) is 4.74 Å². The zero-order chi connectivity index (χ0) is 18.0. The number of hydrogen-bond acceptors (Lipinski definition) is 4. The van der Waals surface area contributed by atoms with E-state index in [9.17, 15) is 4.79 Å². The van der Waals surface area contributed by atoms with Gasteiger partial charge in [-0.1, -0.05) is 0 Å². The number of carbonyl (C=O) groups is 1. The van der Waals surface area contributed by atoms with Crippen molar-refractivity contribution >= 4 is 11.6 Å². The van der Waals surface area contributed by atoms with Crippen LogP contribution in [0.15, 0.2) is 24.3 Å². The largest absolute Gasteiger partial charge is 0.372 e. The second kappa shape index (κ2) is 7.75. The highest BCUT2D eigenvalue weighted by Crippen LogP contribution is 2.20. The molecule has 2 unspecified atom stereocenters. The zero-order valence-corrected chi connectivity index (χ0v) is 15.9. The Kier molecular flexibility index (Phi) is 5.64. The van der Waals surface area contributed by atoms with Crippen LogP contribution in [0.5, 0.6) is 0 Å². The molecular weight excluding hydrogens is 314 g/mol. The van der Waals surface area contributed by atoms with E-state index in [1.165, 1.54) is 5.69 Å². The number of ether oxygens (including phenoxy) is 1. The molecule has 2 atom stereocenters. The van der Waals surface area contributed by atoms with Gasteiger partial charge in [0.1, 0.15) is 0 Å². The number of hydrogen-bond donors (Lipinski definition) is 0. The molecule has 2 aliphatic rings. The molecule has 0 aliphatic carbocycles. The van der Waals surface area contributed by atoms with Gasteiger partial charge in [0.15, 0.2) is 0 Å². The van der Waals surface area contributed by atoms with Crippen molar-refractivity contribution in [3.05, 3.63) is 29.8 Å². The summed E-state index contributed by atoms with van der Waals surface area (Å²) in [7, 11) is 0. The summed E-state index contributed by atoms with van der Waals surface area (Å²) in [5, 5.41) is 0. The summed E-state index contributed by atoms with van der Waals surface area (Å²) in [6, 6.07) is 8.73. The summed E-state index contributed by atoms with van der Waals surface area (Å²) in [5.41, 5.74) is 1.98. The van der Waals surface area contributed by atoms with Crippen molar-refractivity contribution in [2.75, 3.05) is 44.2 Å². The summed E-state index contributed by atoms with van der Waals surface area (Å²) in [6.07, 6.45) is 0.202. The minimum absolute atomic E-state index is 0.101. The lowest BCUT2D eigenvalue weighted by molar-refractivity contribution is -0.0586. The number of morpholine rings is 1. The Bertz CT molecular complexity index is 569. The van der Waals surface area contributed by atoms with E-state index in [1.807, 2.05) is 30.9 Å². The predicted molar refractivity (Wildman–Crippen MR) is 101 cm³/mol. The van der Waals surface area contributed by atoms with Crippen LogP contribution in [0.3, 0.4) is 0 Å². The lowest BCUT2D eigenvalue weighted by Crippen LogP contribution is -2.49. The van der Waals surface area contributed by atoms with Gasteiger partial charge in [-0.3, -0.25) is 9.69 Å². The van der Waals surface area contributed by atoms with Crippen LogP contribution >= 0.6 is 0 Å². The standard InChI is InChI=1S/C20H31N3O2/c1-15(2)21-9-11-22(12-10-21)19-7-5-18(6-8-19)20(24)23-13-16(3)25-17(4)14-23/h5-8,15-17H,9-14H2,1-4H3. The van der Waals surface area contributed by atoms with Gasteiger partial charge < -0.3 is 14.5 Å². The first kappa shape index (κ1) is 18.2. The molecule has 2 aliphatic heterocycles. The fourth-order valence-electron chi connectivity index (χ4n) is 3.84. The molecule has 2 saturated heterocycles. The van der Waals surface area contributed by atoms with Crippen molar-refractivity contribution < 1.29 is 9.53 Å². The van der Waals surface area contributed by atoms with E-state index in [2.05, 4.69) is 35.8 Å². The van der Waals surface area contributed by atoms with Gasteiger partial charge in [-0.15, -0.1) is 0 Å². The third-order valence-corrected chi connectivity index (χ3v) is 5.23. The first-order chi connectivity index (χ1) is 11.9. The van der Waals surface area contributed by atoms with Crippen LogP contribution in [0.4, 0.5) is 5.69 Å². The average Bonchev–Trinajstić information content (AvgIpc) is 2.60. The molecule has 0 spiro atoms. The van der Waals surface area contributed by atoms with Crippen LogP contribution < -0.4 is 4.90 Å². The van der Waals surface area contributed by atoms with Crippen LogP contribution in [0.1, 0.15) is 38.1 Å². The smallest absolute Gasteiger partial charge is 0.254 e. The van der Waals surface area contributed by atoms with Crippen molar-refractivity contribution in [1.82, 2.24) is 9.80 Å². The quantitative estimate of drug-likeness (QED) is 0.843. The van der Waals surface area contributed by atoms with Crippen molar-refractivity contribution in [2.45, 2.75) is 45.9 Å². The SMILES string of the molecule is CC1CN(C(=O)c2ccc(N3CCN(C(C)C)CC3)cc2)CC(C)O1. The van der Waals surface area contributed by atoms with Gasteiger partial charge in [0.25, 0.3) is 5.91 Å². The summed E-state index contributed by atoms with van der Waals surface area (Å²) in [6.45, 7) is 14.2. The topological polar surface area (TPSA) is 36.0 Å². The van der Waals surface area contributed by atoms with Gasteiger partial charge in [0.2, 0.25) is 0 Å². The van der Waals surface area contributed by atoms with E-state index < -0.39 is 0 Å². The highest BCUT2D eigenvalue weighted by atomic mass is 16.5. The average molecular weight is 345 g/mol. The number of piperazine rings is 1. The third kappa shape index (κ3) is 4.33. The minimum atomic E-state index is 0.101. The van der Waals surface area contributed by atoms with Crippen molar-refractivity contribution in [3.63, 3.8) is 0 Å². The van der Waals surface area contributed by atoms with Crippen molar-refractivity contribution in [3.8, 4) is 0 Å². The summed E-state index contributed by atoms with van der Waals surface area (Å²) < 4.78 is 5.72. The van der Waals surface area contributed by atoms with E-state index >= 15 is 0 Å². The lowest BCUT2D eigenvalue weighted by Gasteiger charge is -2.38. The Labute approximate surface area is 151 Å². The maximum atomic E-state index is 12.7. The number of carbonyl (C=O) groups excluding carboxylic acids is 1.